The fourth-order valence-corrected chi connectivity index (χ4v) is 0. The smallest absolute Gasteiger partial charge is 0.693 e. The topological polar surface area (TPSA) is 201 Å². The van der Waals surface area contributed by atoms with Crippen molar-refractivity contribution in [2.45, 2.75) is 0 Å². The molecular weight excluding hydrogens is 322 g/mol. The molecule has 7 heavy (non-hydrogen) atoms. The minimum Gasteiger partial charge on any atom is -0.693 e. The minimum atomic E-state index is 0. The van der Waals surface area contributed by atoms with Crippen LogP contribution in [0.25, 0.3) is 36.9 Å². The van der Waals surface area contributed by atoms with E-state index in [0.29, 0.717) is 0 Å². The molecule has 0 rings (SSSR count). The van der Waals surface area contributed by atoms with Crippen LogP contribution in [0.15, 0.2) is 0 Å². The minimum absolute atomic E-state index is 0. The molecule has 0 atom stereocenters. The Hall–Kier alpha value is 0.812. The van der Waals surface area contributed by atoms with Crippen LogP contribution in [0.2, 0.25) is 0 Å². The average Bonchev–Trinajstić information content (AvgIpc) is 0. The Morgan fingerprint density at radius 1 is 0.286 bits per heavy atom. The molecule has 0 aromatic heterocycles. The largest absolute Gasteiger partial charge is 6.00 e. The maximum absolute atomic E-state index is 0. The van der Waals surface area contributed by atoms with E-state index >= 15 is 0 Å². The predicted octanol–water partition coefficient (Wildman–Crippen LogP) is 4.30. The first kappa shape index (κ1) is 550. The Balaban J connectivity index is 0. The standard InChI is InChI=1S/6H2N.U/h6*1H2;/q6*-1;+6. The first-order valence-corrected chi connectivity index (χ1v) is 0. The van der Waals surface area contributed by atoms with Crippen molar-refractivity contribution in [2.24, 2.45) is 0 Å². The van der Waals surface area contributed by atoms with Crippen LogP contribution in [0.5, 0.6) is 0 Å². The van der Waals surface area contributed by atoms with Crippen LogP contribution in [0.3, 0.4) is 0 Å². The Kier molecular flexibility index (Phi) is 27400. The fourth-order valence-electron chi connectivity index (χ4n) is 0. The molecule has 0 aromatic rings. The molecule has 0 aromatic carbocycles. The summed E-state index contributed by atoms with van der Waals surface area (Å²) in [4.78, 5) is 0. The van der Waals surface area contributed by atoms with Crippen LogP contribution >= 0.6 is 0 Å². The van der Waals surface area contributed by atoms with Crippen molar-refractivity contribution in [3.05, 3.63) is 36.9 Å². The van der Waals surface area contributed by atoms with Gasteiger partial charge in [0.2, 0.25) is 0 Å². The van der Waals surface area contributed by atoms with Crippen LogP contribution in [-0.4, -0.2) is 0 Å². The second kappa shape index (κ2) is 349. The van der Waals surface area contributed by atoms with Crippen molar-refractivity contribution in [3.63, 3.8) is 0 Å². The monoisotopic (exact) mass is 334 g/mol. The number of hydrogen-bond donors (Lipinski definition) is 0. The molecule has 0 aliphatic heterocycles. The molecule has 46 valence electrons. The van der Waals surface area contributed by atoms with Gasteiger partial charge in [0.1, 0.15) is 0 Å². The van der Waals surface area contributed by atoms with E-state index in [1.165, 1.54) is 0 Å². The van der Waals surface area contributed by atoms with E-state index in [2.05, 4.69) is 0 Å². The van der Waals surface area contributed by atoms with Crippen molar-refractivity contribution in [1.82, 2.24) is 0 Å². The van der Waals surface area contributed by atoms with Gasteiger partial charge in [0.25, 0.3) is 0 Å². The van der Waals surface area contributed by atoms with E-state index in [-0.39, 0.29) is 68.0 Å². The van der Waals surface area contributed by atoms with Crippen molar-refractivity contribution in [3.8, 4) is 0 Å². The maximum atomic E-state index is 0. The Labute approximate surface area is 68.1 Å². The van der Waals surface area contributed by atoms with E-state index in [1.807, 2.05) is 0 Å². The van der Waals surface area contributed by atoms with E-state index in [4.69, 9.17) is 0 Å². The molecule has 6 nitrogen and oxygen atoms in total. The van der Waals surface area contributed by atoms with Crippen LogP contribution < -0.4 is 0 Å². The number of rotatable bonds is 0. The van der Waals surface area contributed by atoms with E-state index in [9.17, 15) is 0 Å². The Bertz CT molecular complexity index is 4.14. The summed E-state index contributed by atoms with van der Waals surface area (Å²) in [6.07, 6.45) is 0. The first-order chi connectivity index (χ1) is 0. The van der Waals surface area contributed by atoms with Gasteiger partial charge in [0.15, 0.2) is 0 Å². The molecule has 0 bridgehead atoms. The van der Waals surface area contributed by atoms with Gasteiger partial charge >= 0.3 is 31.1 Å². The fraction of sp³-hybridized carbons (Fsp3) is 0. The first-order valence-electron chi connectivity index (χ1n) is 0. The summed E-state index contributed by atoms with van der Waals surface area (Å²) in [5.74, 6) is 0. The number of nitrogens with two attached hydrogens (primary N) is 6. The zero-order valence-corrected chi connectivity index (χ0v) is 8.13. The van der Waals surface area contributed by atoms with Crippen molar-refractivity contribution in [1.29, 1.82) is 0 Å². The van der Waals surface area contributed by atoms with Gasteiger partial charge in [-0.25, -0.2) is 0 Å². The van der Waals surface area contributed by atoms with Crippen LogP contribution in [-0.2, 0) is 0 Å². The number of hydrogen-bond acceptors (Lipinski definition) is 0. The van der Waals surface area contributed by atoms with Crippen molar-refractivity contribution < 1.29 is 31.1 Å². The van der Waals surface area contributed by atoms with Crippen LogP contribution in [0.4, 0.5) is 0 Å². The SMILES string of the molecule is [NH2-].[NH2-].[NH2-].[NH2-].[NH2-].[NH2-].[U+6]. The molecule has 0 aliphatic rings. The summed E-state index contributed by atoms with van der Waals surface area (Å²) >= 11 is 0. The molecule has 0 radical (unpaired) electrons. The molecule has 0 aliphatic carbocycles. The quantitative estimate of drug-likeness (QED) is 0.607. The third kappa shape index (κ3) is 239. The van der Waals surface area contributed by atoms with Gasteiger partial charge in [-0.2, -0.15) is 0 Å². The Morgan fingerprint density at radius 3 is 0.286 bits per heavy atom. The van der Waals surface area contributed by atoms with Crippen molar-refractivity contribution >= 4 is 0 Å². The summed E-state index contributed by atoms with van der Waals surface area (Å²) in [6.45, 7) is 0. The summed E-state index contributed by atoms with van der Waals surface area (Å²) in [7, 11) is 0. The second-order valence-corrected chi connectivity index (χ2v) is 0. The van der Waals surface area contributed by atoms with Gasteiger partial charge in [-0.3, -0.25) is 0 Å². The normalized spacial score (nSPS) is 0. The van der Waals surface area contributed by atoms with E-state index in [1.54, 1.807) is 0 Å². The molecule has 0 amide bonds. The van der Waals surface area contributed by atoms with Crippen molar-refractivity contribution in [2.75, 3.05) is 0 Å². The summed E-state index contributed by atoms with van der Waals surface area (Å²) in [6, 6.07) is 0. The van der Waals surface area contributed by atoms with Crippen LogP contribution in [0, 0.1) is 31.1 Å². The molecule has 0 heterocycles. The van der Waals surface area contributed by atoms with Gasteiger partial charge in [-0.05, 0) is 0 Å². The summed E-state index contributed by atoms with van der Waals surface area (Å²) in [5, 5.41) is 0. The van der Waals surface area contributed by atoms with E-state index < -0.39 is 0 Å². The van der Waals surface area contributed by atoms with Gasteiger partial charge in [-0.15, -0.1) is 0 Å². The second-order valence-electron chi connectivity index (χ2n) is 0. The molecule has 12 N–H and O–H groups in total. The zero-order valence-electron chi connectivity index (χ0n) is 3.96. The zero-order chi connectivity index (χ0) is 0. The molecule has 0 unspecified atom stereocenters. The molecule has 7 heteroatoms. The Morgan fingerprint density at radius 2 is 0.286 bits per heavy atom. The van der Waals surface area contributed by atoms with Crippen LogP contribution in [0.1, 0.15) is 0 Å². The molecule has 0 saturated heterocycles. The summed E-state index contributed by atoms with van der Waals surface area (Å²) < 4.78 is 0. The van der Waals surface area contributed by atoms with Gasteiger partial charge in [0, 0.05) is 0 Å². The molecule has 0 fully saturated rings. The third-order valence-corrected chi connectivity index (χ3v) is 0. The maximum Gasteiger partial charge on any atom is 6.00 e. The van der Waals surface area contributed by atoms with Gasteiger partial charge in [0.05, 0.1) is 0 Å². The van der Waals surface area contributed by atoms with Gasteiger partial charge < -0.3 is 36.9 Å². The van der Waals surface area contributed by atoms with Gasteiger partial charge in [-0.1, -0.05) is 0 Å². The summed E-state index contributed by atoms with van der Waals surface area (Å²) in [5.41, 5.74) is 0. The van der Waals surface area contributed by atoms with E-state index in [0.717, 1.165) is 0 Å². The molecule has 0 saturated carbocycles. The molecular formula is H12N6U. The molecule has 0 spiro atoms. The predicted molar refractivity (Wildman–Crippen MR) is 31.7 cm³/mol. The average molecular weight is 334 g/mol. The third-order valence-electron chi connectivity index (χ3n) is 0.